The van der Waals surface area contributed by atoms with E-state index in [1.807, 2.05) is 0 Å². The van der Waals surface area contributed by atoms with E-state index in [4.69, 9.17) is 0 Å². The van der Waals surface area contributed by atoms with Gasteiger partial charge in [-0.1, -0.05) is 36.4 Å². The molecule has 0 aliphatic carbocycles. The molecular weight excluding hydrogens is 265 g/mol. The van der Waals surface area contributed by atoms with E-state index >= 15 is 0 Å². The second-order valence-corrected chi connectivity index (χ2v) is 4.01. The number of alkyl halides is 3. The van der Waals surface area contributed by atoms with Crippen molar-refractivity contribution in [2.45, 2.75) is 6.18 Å². The standard InChI is InChI=1S/C16H9F3O/c17-16(18,19)14-9-5-4-8-13(14)15(20)11-10-12-6-2-1-3-7-12/h2,4-11H/b11-10+. The molecule has 0 aromatic heterocycles. The molecule has 2 aromatic rings. The second-order valence-electron chi connectivity index (χ2n) is 4.01. The Morgan fingerprint density at radius 1 is 1.10 bits per heavy atom. The van der Waals surface area contributed by atoms with E-state index < -0.39 is 17.5 Å². The van der Waals surface area contributed by atoms with Crippen LogP contribution in [-0.4, -0.2) is 5.78 Å². The van der Waals surface area contributed by atoms with Crippen LogP contribution >= 0.6 is 0 Å². The Morgan fingerprint density at radius 3 is 2.50 bits per heavy atom. The normalized spacial score (nSPS) is 11.3. The van der Waals surface area contributed by atoms with Crippen molar-refractivity contribution in [1.82, 2.24) is 0 Å². The summed E-state index contributed by atoms with van der Waals surface area (Å²) in [4.78, 5) is 11.9. The Balaban J connectivity index is 2.29. The zero-order chi connectivity index (χ0) is 14.6. The summed E-state index contributed by atoms with van der Waals surface area (Å²) in [5.41, 5.74) is -0.619. The lowest BCUT2D eigenvalue weighted by Gasteiger charge is -2.10. The molecule has 0 N–H and O–H groups in total. The first-order valence-electron chi connectivity index (χ1n) is 5.75. The van der Waals surface area contributed by atoms with Crippen LogP contribution in [0.4, 0.5) is 13.2 Å². The summed E-state index contributed by atoms with van der Waals surface area (Å²) in [5.74, 6) is -0.689. The fraction of sp³-hybridized carbons (Fsp3) is 0.0625. The average molecular weight is 274 g/mol. The molecule has 4 heteroatoms. The maximum atomic E-state index is 12.8. The third kappa shape index (κ3) is 3.27. The lowest BCUT2D eigenvalue weighted by Crippen LogP contribution is -2.11. The topological polar surface area (TPSA) is 17.1 Å². The van der Waals surface area contributed by atoms with Crippen LogP contribution in [0.3, 0.4) is 0 Å². The van der Waals surface area contributed by atoms with Gasteiger partial charge in [-0.2, -0.15) is 13.2 Å². The maximum Gasteiger partial charge on any atom is 0.417 e. The third-order valence-corrected chi connectivity index (χ3v) is 2.61. The lowest BCUT2D eigenvalue weighted by atomic mass is 10.0. The van der Waals surface area contributed by atoms with Crippen LogP contribution in [0.1, 0.15) is 21.5 Å². The summed E-state index contributed by atoms with van der Waals surface area (Å²) in [6.07, 6.45) is -1.98. The first-order valence-corrected chi connectivity index (χ1v) is 5.75. The van der Waals surface area contributed by atoms with Crippen molar-refractivity contribution in [3.63, 3.8) is 0 Å². The highest BCUT2D eigenvalue weighted by Crippen LogP contribution is 2.32. The predicted octanol–water partition coefficient (Wildman–Crippen LogP) is 4.20. The molecule has 1 nitrogen and oxygen atoms in total. The van der Waals surface area contributed by atoms with Gasteiger partial charge in [0.2, 0.25) is 0 Å². The van der Waals surface area contributed by atoms with Gasteiger partial charge in [-0.15, -0.1) is 0 Å². The molecule has 0 unspecified atom stereocenters. The highest BCUT2D eigenvalue weighted by molar-refractivity contribution is 6.07. The summed E-state index contributed by atoms with van der Waals surface area (Å²) in [6.45, 7) is 0. The lowest BCUT2D eigenvalue weighted by molar-refractivity contribution is -0.137. The van der Waals surface area contributed by atoms with Crippen LogP contribution < -0.4 is 0 Å². The van der Waals surface area contributed by atoms with Gasteiger partial charge in [0, 0.05) is 5.56 Å². The molecule has 0 atom stereocenters. The number of halogens is 3. The molecular formula is C16H9F3O. The Hall–Kier alpha value is -2.54. The van der Waals surface area contributed by atoms with Gasteiger partial charge >= 0.3 is 6.18 Å². The van der Waals surface area contributed by atoms with Crippen molar-refractivity contribution < 1.29 is 18.0 Å². The number of benzene rings is 1. The fourth-order valence-corrected chi connectivity index (χ4v) is 1.67. The molecule has 2 aromatic carbocycles. The first-order chi connectivity index (χ1) is 9.48. The minimum absolute atomic E-state index is 0.359. The molecule has 100 valence electrons. The number of carbonyl (C=O) groups excluding carboxylic acids is 1. The fourth-order valence-electron chi connectivity index (χ4n) is 1.67. The van der Waals surface area contributed by atoms with Crippen LogP contribution in [-0.2, 0) is 6.18 Å². The smallest absolute Gasteiger partial charge is 0.289 e. The molecule has 0 aliphatic rings. The molecule has 2 rings (SSSR count). The van der Waals surface area contributed by atoms with Crippen molar-refractivity contribution in [3.05, 3.63) is 77.4 Å². The van der Waals surface area contributed by atoms with E-state index in [0.29, 0.717) is 5.56 Å². The van der Waals surface area contributed by atoms with Crippen molar-refractivity contribution in [1.29, 1.82) is 0 Å². The zero-order valence-electron chi connectivity index (χ0n) is 10.2. The van der Waals surface area contributed by atoms with Crippen LogP contribution in [0.15, 0.2) is 48.5 Å². The summed E-state index contributed by atoms with van der Waals surface area (Å²) in [5, 5.41) is 0. The van der Waals surface area contributed by atoms with Gasteiger partial charge in [-0.25, -0.2) is 0 Å². The van der Waals surface area contributed by atoms with E-state index in [1.54, 1.807) is 18.2 Å². The van der Waals surface area contributed by atoms with Crippen LogP contribution in [0.5, 0.6) is 0 Å². The molecule has 0 spiro atoms. The van der Waals surface area contributed by atoms with Gasteiger partial charge in [0.25, 0.3) is 0 Å². The molecule has 0 saturated heterocycles. The molecule has 0 aliphatic heterocycles. The van der Waals surface area contributed by atoms with Crippen LogP contribution in [0, 0.1) is 12.1 Å². The molecule has 0 fully saturated rings. The van der Waals surface area contributed by atoms with Crippen molar-refractivity contribution >= 4 is 11.9 Å². The molecule has 20 heavy (non-hydrogen) atoms. The first kappa shape index (κ1) is 13.9. The summed E-state index contributed by atoms with van der Waals surface area (Å²) < 4.78 is 38.4. The highest BCUT2D eigenvalue weighted by atomic mass is 19.4. The molecule has 0 bridgehead atoms. The minimum Gasteiger partial charge on any atom is -0.289 e. The number of hydrogen-bond acceptors (Lipinski definition) is 1. The summed E-state index contributed by atoms with van der Waals surface area (Å²) >= 11 is 0. The van der Waals surface area contributed by atoms with Crippen LogP contribution in [0.2, 0.25) is 0 Å². The van der Waals surface area contributed by atoms with E-state index in [9.17, 15) is 18.0 Å². The number of allylic oxidation sites excluding steroid dienone is 1. The predicted molar refractivity (Wildman–Crippen MR) is 68.9 cm³/mol. The Kier molecular flexibility index (Phi) is 3.90. The van der Waals surface area contributed by atoms with Gasteiger partial charge in [0.05, 0.1) is 5.56 Å². The number of carbonyl (C=O) groups is 1. The number of rotatable bonds is 3. The molecule has 0 amide bonds. The third-order valence-electron chi connectivity index (χ3n) is 2.61. The number of hydrogen-bond donors (Lipinski definition) is 0. The van der Waals surface area contributed by atoms with E-state index in [-0.39, 0.29) is 5.56 Å². The van der Waals surface area contributed by atoms with Crippen LogP contribution in [0.25, 0.3) is 6.08 Å². The summed E-state index contributed by atoms with van der Waals surface area (Å²) in [6, 6.07) is 15.0. The van der Waals surface area contributed by atoms with Gasteiger partial charge in [-0.05, 0) is 35.9 Å². The Labute approximate surface area is 114 Å². The SMILES string of the molecule is O=C(/C=C/c1cc#ccc1)c1ccccc1C(F)(F)F. The molecule has 0 saturated carbocycles. The van der Waals surface area contributed by atoms with Gasteiger partial charge in [-0.3, -0.25) is 4.79 Å². The Bertz CT molecular complexity index is 628. The zero-order valence-corrected chi connectivity index (χ0v) is 10.2. The minimum atomic E-state index is -4.55. The van der Waals surface area contributed by atoms with Crippen molar-refractivity contribution in [3.8, 4) is 0 Å². The van der Waals surface area contributed by atoms with Gasteiger partial charge in [0.15, 0.2) is 5.78 Å². The van der Waals surface area contributed by atoms with E-state index in [1.165, 1.54) is 24.3 Å². The van der Waals surface area contributed by atoms with E-state index in [2.05, 4.69) is 12.1 Å². The van der Waals surface area contributed by atoms with Crippen molar-refractivity contribution in [2.24, 2.45) is 0 Å². The monoisotopic (exact) mass is 274 g/mol. The quantitative estimate of drug-likeness (QED) is 0.605. The highest BCUT2D eigenvalue weighted by Gasteiger charge is 2.34. The molecule has 0 heterocycles. The second kappa shape index (κ2) is 5.62. The summed E-state index contributed by atoms with van der Waals surface area (Å²) in [7, 11) is 0. The largest absolute Gasteiger partial charge is 0.417 e. The number of ketones is 1. The average Bonchev–Trinajstić information content (AvgIpc) is 2.45. The van der Waals surface area contributed by atoms with Crippen molar-refractivity contribution in [2.75, 3.05) is 0 Å². The maximum absolute atomic E-state index is 12.8. The Morgan fingerprint density at radius 2 is 1.85 bits per heavy atom. The molecule has 0 radical (unpaired) electrons. The van der Waals surface area contributed by atoms with Gasteiger partial charge < -0.3 is 0 Å². The van der Waals surface area contributed by atoms with E-state index in [0.717, 1.165) is 12.1 Å². The van der Waals surface area contributed by atoms with Gasteiger partial charge in [0.1, 0.15) is 0 Å².